The summed E-state index contributed by atoms with van der Waals surface area (Å²) in [5.41, 5.74) is 2.05. The molecule has 2 rings (SSSR count). The summed E-state index contributed by atoms with van der Waals surface area (Å²) in [6.45, 7) is 6.30. The lowest BCUT2D eigenvalue weighted by atomic mass is 10.1. The van der Waals surface area contributed by atoms with E-state index in [1.54, 1.807) is 30.9 Å². The zero-order valence-electron chi connectivity index (χ0n) is 20.3. The van der Waals surface area contributed by atoms with Crippen molar-refractivity contribution in [3.63, 3.8) is 0 Å². The first kappa shape index (κ1) is 26.6. The maximum Gasteiger partial charge on any atom is 0.243 e. The van der Waals surface area contributed by atoms with Gasteiger partial charge in [-0.05, 0) is 55.2 Å². The standard InChI is InChI=1S/C26H36N2O4S/c1-6-19(3)27-26(30)24(7-2)28(16-21-9-8-10-23(15-21)32-5)25(29)18-33-17-20-11-13-22(31-4)14-12-20/h8-15,19,24H,6-7,16-18H2,1-5H3,(H,27,30)/t19-,24+/m0/s1. The number of hydrogen-bond donors (Lipinski definition) is 1. The molecular formula is C26H36N2O4S. The molecule has 0 fully saturated rings. The molecule has 0 bridgehead atoms. The van der Waals surface area contributed by atoms with Crippen molar-refractivity contribution in [2.24, 2.45) is 0 Å². The monoisotopic (exact) mass is 472 g/mol. The molecule has 0 heterocycles. The Morgan fingerprint density at radius 3 is 2.27 bits per heavy atom. The topological polar surface area (TPSA) is 67.9 Å². The van der Waals surface area contributed by atoms with Crippen molar-refractivity contribution in [2.45, 2.75) is 58.0 Å². The minimum atomic E-state index is -0.528. The van der Waals surface area contributed by atoms with Gasteiger partial charge in [-0.25, -0.2) is 0 Å². The summed E-state index contributed by atoms with van der Waals surface area (Å²) in [5.74, 6) is 2.38. The van der Waals surface area contributed by atoms with E-state index in [4.69, 9.17) is 9.47 Å². The van der Waals surface area contributed by atoms with Crippen LogP contribution < -0.4 is 14.8 Å². The molecule has 6 nitrogen and oxygen atoms in total. The molecule has 0 aliphatic heterocycles. The Morgan fingerprint density at radius 2 is 1.67 bits per heavy atom. The molecule has 2 aromatic carbocycles. The van der Waals surface area contributed by atoms with Crippen molar-refractivity contribution >= 4 is 23.6 Å². The number of benzene rings is 2. The second-order valence-electron chi connectivity index (χ2n) is 7.96. The highest BCUT2D eigenvalue weighted by Gasteiger charge is 2.29. The van der Waals surface area contributed by atoms with Crippen molar-refractivity contribution in [1.82, 2.24) is 10.2 Å². The van der Waals surface area contributed by atoms with Gasteiger partial charge in [0.1, 0.15) is 17.5 Å². The Hall–Kier alpha value is -2.67. The predicted molar refractivity (Wildman–Crippen MR) is 135 cm³/mol. The highest BCUT2D eigenvalue weighted by Crippen LogP contribution is 2.21. The first-order valence-electron chi connectivity index (χ1n) is 11.3. The number of rotatable bonds is 13. The third-order valence-corrected chi connectivity index (χ3v) is 6.52. The fourth-order valence-electron chi connectivity index (χ4n) is 3.39. The van der Waals surface area contributed by atoms with Crippen molar-refractivity contribution in [3.05, 3.63) is 59.7 Å². The smallest absolute Gasteiger partial charge is 0.243 e. The van der Waals surface area contributed by atoms with Gasteiger partial charge < -0.3 is 19.7 Å². The van der Waals surface area contributed by atoms with Crippen molar-refractivity contribution in [3.8, 4) is 11.5 Å². The maximum atomic E-state index is 13.3. The normalized spacial score (nSPS) is 12.5. The van der Waals surface area contributed by atoms with Gasteiger partial charge in [0.2, 0.25) is 11.8 Å². The molecule has 0 unspecified atom stereocenters. The van der Waals surface area contributed by atoms with Gasteiger partial charge >= 0.3 is 0 Å². The van der Waals surface area contributed by atoms with Gasteiger partial charge in [-0.15, -0.1) is 11.8 Å². The number of ether oxygens (including phenoxy) is 2. The highest BCUT2D eigenvalue weighted by atomic mass is 32.2. The Balaban J connectivity index is 2.14. The van der Waals surface area contributed by atoms with Gasteiger partial charge in [-0.3, -0.25) is 9.59 Å². The van der Waals surface area contributed by atoms with E-state index in [1.165, 1.54) is 0 Å². The lowest BCUT2D eigenvalue weighted by molar-refractivity contribution is -0.139. The summed E-state index contributed by atoms with van der Waals surface area (Å²) in [4.78, 5) is 28.0. The van der Waals surface area contributed by atoms with Gasteiger partial charge in [0, 0.05) is 18.3 Å². The number of thioether (sulfide) groups is 1. The predicted octanol–water partition coefficient (Wildman–Crippen LogP) is 4.66. The molecule has 0 spiro atoms. The lowest BCUT2D eigenvalue weighted by Gasteiger charge is -2.31. The number of methoxy groups -OCH3 is 2. The Kier molecular flexibility index (Phi) is 11.1. The Labute approximate surface area is 202 Å². The van der Waals surface area contributed by atoms with Crippen LogP contribution in [-0.4, -0.2) is 48.8 Å². The summed E-state index contributed by atoms with van der Waals surface area (Å²) in [5, 5.41) is 3.04. The van der Waals surface area contributed by atoms with E-state index in [9.17, 15) is 9.59 Å². The van der Waals surface area contributed by atoms with Crippen LogP contribution in [0.3, 0.4) is 0 Å². The van der Waals surface area contributed by atoms with Gasteiger partial charge in [-0.2, -0.15) is 0 Å². The number of nitrogens with zero attached hydrogens (tertiary/aromatic N) is 1. The van der Waals surface area contributed by atoms with Crippen LogP contribution in [0.25, 0.3) is 0 Å². The van der Waals surface area contributed by atoms with Gasteiger partial charge in [-0.1, -0.05) is 38.1 Å². The number of carbonyl (C=O) groups excluding carboxylic acids is 2. The molecule has 33 heavy (non-hydrogen) atoms. The SMILES string of the molecule is CC[C@H](C(=O)N[C@@H](C)CC)N(Cc1cccc(OC)c1)C(=O)CSCc1ccc(OC)cc1. The average molecular weight is 473 g/mol. The zero-order valence-corrected chi connectivity index (χ0v) is 21.1. The molecule has 180 valence electrons. The van der Waals surface area contributed by atoms with E-state index < -0.39 is 6.04 Å². The van der Waals surface area contributed by atoms with Crippen LogP contribution in [0.4, 0.5) is 0 Å². The Bertz CT molecular complexity index is 888. The molecule has 0 saturated heterocycles. The van der Waals surface area contributed by atoms with Crippen LogP contribution in [0.2, 0.25) is 0 Å². The fraction of sp³-hybridized carbons (Fsp3) is 0.462. The molecule has 0 aliphatic carbocycles. The number of carbonyl (C=O) groups is 2. The molecule has 2 amide bonds. The van der Waals surface area contributed by atoms with Crippen LogP contribution in [0, 0.1) is 0 Å². The van der Waals surface area contributed by atoms with E-state index in [2.05, 4.69) is 5.32 Å². The van der Waals surface area contributed by atoms with Crippen molar-refractivity contribution in [1.29, 1.82) is 0 Å². The lowest BCUT2D eigenvalue weighted by Crippen LogP contribution is -2.51. The minimum absolute atomic E-state index is 0.0533. The van der Waals surface area contributed by atoms with Gasteiger partial charge in [0.25, 0.3) is 0 Å². The average Bonchev–Trinajstić information content (AvgIpc) is 2.84. The summed E-state index contributed by atoms with van der Waals surface area (Å²) < 4.78 is 10.5. The summed E-state index contributed by atoms with van der Waals surface area (Å²) in [6.07, 6.45) is 1.38. The number of amides is 2. The molecule has 0 saturated carbocycles. The first-order valence-corrected chi connectivity index (χ1v) is 12.5. The van der Waals surface area contributed by atoms with E-state index >= 15 is 0 Å². The highest BCUT2D eigenvalue weighted by molar-refractivity contribution is 7.99. The quantitative estimate of drug-likeness (QED) is 0.459. The molecule has 0 radical (unpaired) electrons. The van der Waals surface area contributed by atoms with E-state index in [-0.39, 0.29) is 17.9 Å². The number of nitrogens with one attached hydrogen (secondary N) is 1. The van der Waals surface area contributed by atoms with E-state index in [0.29, 0.717) is 24.5 Å². The summed E-state index contributed by atoms with van der Waals surface area (Å²) in [6, 6.07) is 15.0. The second kappa shape index (κ2) is 13.8. The third kappa shape index (κ3) is 8.31. The minimum Gasteiger partial charge on any atom is -0.497 e. The zero-order chi connectivity index (χ0) is 24.2. The van der Waals surface area contributed by atoms with Crippen molar-refractivity contribution in [2.75, 3.05) is 20.0 Å². The summed E-state index contributed by atoms with van der Waals surface area (Å²) in [7, 11) is 3.26. The van der Waals surface area contributed by atoms with Crippen LogP contribution in [-0.2, 0) is 21.9 Å². The number of hydrogen-bond acceptors (Lipinski definition) is 5. The van der Waals surface area contributed by atoms with Crippen LogP contribution >= 0.6 is 11.8 Å². The van der Waals surface area contributed by atoms with Gasteiger partial charge in [0.15, 0.2) is 0 Å². The fourth-order valence-corrected chi connectivity index (χ4v) is 4.26. The molecule has 0 aromatic heterocycles. The van der Waals surface area contributed by atoms with Crippen LogP contribution in [0.1, 0.15) is 44.7 Å². The first-order chi connectivity index (χ1) is 15.9. The molecule has 2 atom stereocenters. The van der Waals surface area contributed by atoms with Gasteiger partial charge in [0.05, 0.1) is 20.0 Å². The molecule has 7 heteroatoms. The maximum absolute atomic E-state index is 13.3. The van der Waals surface area contributed by atoms with Crippen LogP contribution in [0.15, 0.2) is 48.5 Å². The Morgan fingerprint density at radius 1 is 0.970 bits per heavy atom. The molecular weight excluding hydrogens is 436 g/mol. The molecule has 1 N–H and O–H groups in total. The van der Waals surface area contributed by atoms with E-state index in [0.717, 1.165) is 29.0 Å². The second-order valence-corrected chi connectivity index (χ2v) is 8.94. The third-order valence-electron chi connectivity index (χ3n) is 5.53. The van der Waals surface area contributed by atoms with Crippen LogP contribution in [0.5, 0.6) is 11.5 Å². The largest absolute Gasteiger partial charge is 0.497 e. The summed E-state index contributed by atoms with van der Waals surface area (Å²) >= 11 is 1.54. The van der Waals surface area contributed by atoms with E-state index in [1.807, 2.05) is 69.3 Å². The molecule has 2 aromatic rings. The van der Waals surface area contributed by atoms with Crippen molar-refractivity contribution < 1.29 is 19.1 Å². The molecule has 0 aliphatic rings.